The number of hydrogen-bond acceptors (Lipinski definition) is 6. The Morgan fingerprint density at radius 1 is 1.13 bits per heavy atom. The van der Waals surface area contributed by atoms with Gasteiger partial charge in [0, 0.05) is 11.4 Å². The molecule has 118 valence electrons. The van der Waals surface area contributed by atoms with Crippen LogP contribution >= 0.6 is 11.3 Å². The zero-order valence-corrected chi connectivity index (χ0v) is 12.6. The summed E-state index contributed by atoms with van der Waals surface area (Å²) in [5.74, 6) is -1.15. The van der Waals surface area contributed by atoms with Crippen molar-refractivity contribution in [1.29, 1.82) is 0 Å². The van der Waals surface area contributed by atoms with Crippen LogP contribution in [0.2, 0.25) is 0 Å². The van der Waals surface area contributed by atoms with Gasteiger partial charge < -0.3 is 0 Å². The van der Waals surface area contributed by atoms with Crippen molar-refractivity contribution in [3.8, 4) is 10.6 Å². The molecular formula is C12H8F3N7S. The van der Waals surface area contributed by atoms with E-state index in [1.807, 2.05) is 19.9 Å². The largest absolute Gasteiger partial charge is 0.453 e. The lowest BCUT2D eigenvalue weighted by Crippen LogP contribution is -2.11. The third-order valence-corrected chi connectivity index (χ3v) is 4.18. The predicted molar refractivity (Wildman–Crippen MR) is 75.1 cm³/mol. The van der Waals surface area contributed by atoms with E-state index in [0.29, 0.717) is 20.7 Å². The smallest absolute Gasteiger partial charge is 0.233 e. The van der Waals surface area contributed by atoms with Gasteiger partial charge >= 0.3 is 6.18 Å². The molecule has 4 aromatic heterocycles. The van der Waals surface area contributed by atoms with Gasteiger partial charge in [-0.3, -0.25) is 0 Å². The number of halogens is 3. The molecule has 0 amide bonds. The zero-order valence-electron chi connectivity index (χ0n) is 11.8. The van der Waals surface area contributed by atoms with E-state index in [-0.39, 0.29) is 4.96 Å². The van der Waals surface area contributed by atoms with Crippen LogP contribution in [0, 0.1) is 13.8 Å². The van der Waals surface area contributed by atoms with E-state index < -0.39 is 12.0 Å². The summed E-state index contributed by atoms with van der Waals surface area (Å²) in [6.07, 6.45) is -3.08. The SMILES string of the molecule is Cc1cc(C)n2ncc(-c3nn4c(C(F)(F)F)nnc4s3)c2n1. The molecule has 0 atom stereocenters. The van der Waals surface area contributed by atoms with Crippen LogP contribution in [-0.2, 0) is 6.18 Å². The molecule has 0 aliphatic heterocycles. The fourth-order valence-electron chi connectivity index (χ4n) is 2.32. The number of aryl methyl sites for hydroxylation is 2. The average molecular weight is 339 g/mol. The van der Waals surface area contributed by atoms with E-state index in [9.17, 15) is 13.2 Å². The summed E-state index contributed by atoms with van der Waals surface area (Å²) in [6.45, 7) is 3.71. The Bertz CT molecular complexity index is 1040. The molecule has 0 saturated carbocycles. The van der Waals surface area contributed by atoms with Crippen LogP contribution in [0.5, 0.6) is 0 Å². The third kappa shape index (κ3) is 2.07. The Balaban J connectivity index is 1.95. The molecule has 0 unspecified atom stereocenters. The monoisotopic (exact) mass is 339 g/mol. The fraction of sp³-hybridized carbons (Fsp3) is 0.250. The van der Waals surface area contributed by atoms with Crippen LogP contribution in [0.4, 0.5) is 13.2 Å². The maximum atomic E-state index is 12.9. The minimum atomic E-state index is -4.61. The molecule has 23 heavy (non-hydrogen) atoms. The van der Waals surface area contributed by atoms with Gasteiger partial charge in [-0.25, -0.2) is 9.50 Å². The van der Waals surface area contributed by atoms with Crippen LogP contribution in [0.1, 0.15) is 17.2 Å². The Morgan fingerprint density at radius 2 is 1.91 bits per heavy atom. The molecule has 0 aliphatic rings. The highest BCUT2D eigenvalue weighted by molar-refractivity contribution is 7.19. The molecule has 0 aliphatic carbocycles. The van der Waals surface area contributed by atoms with E-state index in [2.05, 4.69) is 25.4 Å². The summed E-state index contributed by atoms with van der Waals surface area (Å²) in [5, 5.41) is 15.2. The summed E-state index contributed by atoms with van der Waals surface area (Å²) >= 11 is 1.00. The number of hydrogen-bond donors (Lipinski definition) is 0. The van der Waals surface area contributed by atoms with Gasteiger partial charge in [0.05, 0.1) is 11.8 Å². The van der Waals surface area contributed by atoms with E-state index in [0.717, 1.165) is 22.7 Å². The highest BCUT2D eigenvalue weighted by Gasteiger charge is 2.38. The Morgan fingerprint density at radius 3 is 2.65 bits per heavy atom. The highest BCUT2D eigenvalue weighted by atomic mass is 32.1. The van der Waals surface area contributed by atoms with Crippen molar-refractivity contribution in [3.63, 3.8) is 0 Å². The van der Waals surface area contributed by atoms with Crippen LogP contribution < -0.4 is 0 Å². The molecule has 0 fully saturated rings. The van der Waals surface area contributed by atoms with Crippen molar-refractivity contribution >= 4 is 21.9 Å². The lowest BCUT2D eigenvalue weighted by atomic mass is 10.3. The van der Waals surface area contributed by atoms with E-state index in [4.69, 9.17) is 0 Å². The molecule has 4 aromatic rings. The summed E-state index contributed by atoms with van der Waals surface area (Å²) in [7, 11) is 0. The molecule has 0 saturated heterocycles. The highest BCUT2D eigenvalue weighted by Crippen LogP contribution is 2.32. The number of aromatic nitrogens is 7. The Kier molecular flexibility index (Phi) is 2.73. The summed E-state index contributed by atoms with van der Waals surface area (Å²) < 4.78 is 40.9. The summed E-state index contributed by atoms with van der Waals surface area (Å²) in [5.41, 5.74) is 2.76. The molecule has 0 N–H and O–H groups in total. The predicted octanol–water partition coefficient (Wildman–Crippen LogP) is 2.53. The van der Waals surface area contributed by atoms with Crippen LogP contribution in [0.15, 0.2) is 12.3 Å². The molecule has 0 spiro atoms. The van der Waals surface area contributed by atoms with Gasteiger partial charge in [0.2, 0.25) is 4.96 Å². The lowest BCUT2D eigenvalue weighted by Gasteiger charge is -2.01. The van der Waals surface area contributed by atoms with Crippen molar-refractivity contribution < 1.29 is 13.2 Å². The van der Waals surface area contributed by atoms with Crippen molar-refractivity contribution in [3.05, 3.63) is 29.5 Å². The van der Waals surface area contributed by atoms with E-state index >= 15 is 0 Å². The number of nitrogens with zero attached hydrogens (tertiary/aromatic N) is 7. The maximum Gasteiger partial charge on any atom is 0.453 e. The van der Waals surface area contributed by atoms with Gasteiger partial charge in [-0.05, 0) is 19.9 Å². The van der Waals surface area contributed by atoms with Crippen molar-refractivity contribution in [2.24, 2.45) is 0 Å². The van der Waals surface area contributed by atoms with Crippen molar-refractivity contribution in [1.82, 2.24) is 34.4 Å². The molecule has 0 radical (unpaired) electrons. The molecular weight excluding hydrogens is 331 g/mol. The first kappa shape index (κ1) is 14.1. The number of fused-ring (bicyclic) bond motifs is 2. The van der Waals surface area contributed by atoms with Gasteiger partial charge in [0.25, 0.3) is 5.82 Å². The second-order valence-electron chi connectivity index (χ2n) is 4.96. The van der Waals surface area contributed by atoms with E-state index in [1.165, 1.54) is 6.20 Å². The van der Waals surface area contributed by atoms with Crippen molar-refractivity contribution in [2.45, 2.75) is 20.0 Å². The minimum Gasteiger partial charge on any atom is -0.233 e. The second kappa shape index (κ2) is 4.47. The Hall–Kier alpha value is -2.56. The second-order valence-corrected chi connectivity index (χ2v) is 5.91. The van der Waals surface area contributed by atoms with Gasteiger partial charge in [0.15, 0.2) is 10.7 Å². The maximum absolute atomic E-state index is 12.9. The molecule has 11 heteroatoms. The van der Waals surface area contributed by atoms with Gasteiger partial charge in [0.1, 0.15) is 0 Å². The van der Waals surface area contributed by atoms with Gasteiger partial charge in [-0.2, -0.15) is 27.9 Å². The van der Waals surface area contributed by atoms with E-state index in [1.54, 1.807) is 4.52 Å². The third-order valence-electron chi connectivity index (χ3n) is 3.25. The molecule has 4 rings (SSSR count). The summed E-state index contributed by atoms with van der Waals surface area (Å²) in [4.78, 5) is 4.46. The van der Waals surface area contributed by atoms with Gasteiger partial charge in [-0.1, -0.05) is 11.3 Å². The lowest BCUT2D eigenvalue weighted by molar-refractivity contribution is -0.146. The van der Waals surface area contributed by atoms with Crippen LogP contribution in [0.3, 0.4) is 0 Å². The van der Waals surface area contributed by atoms with Crippen LogP contribution in [0.25, 0.3) is 21.2 Å². The normalized spacial score (nSPS) is 12.6. The fourth-order valence-corrected chi connectivity index (χ4v) is 3.17. The quantitative estimate of drug-likeness (QED) is 0.533. The summed E-state index contributed by atoms with van der Waals surface area (Å²) in [6, 6.07) is 1.87. The van der Waals surface area contributed by atoms with Gasteiger partial charge in [-0.15, -0.1) is 10.2 Å². The molecule has 4 heterocycles. The molecule has 0 bridgehead atoms. The van der Waals surface area contributed by atoms with Crippen LogP contribution in [-0.4, -0.2) is 34.4 Å². The number of alkyl halides is 3. The first-order valence-corrected chi connectivity index (χ1v) is 7.28. The molecule has 0 aromatic carbocycles. The zero-order chi connectivity index (χ0) is 16.4. The topological polar surface area (TPSA) is 73.3 Å². The average Bonchev–Trinajstić information content (AvgIpc) is 3.07. The first-order valence-electron chi connectivity index (χ1n) is 6.46. The molecule has 7 nitrogen and oxygen atoms in total. The standard InChI is InChI=1S/C12H8F3N7S/c1-5-3-6(2)21-8(17-5)7(4-16-21)9-20-22-10(12(13,14)15)18-19-11(22)23-9/h3-4H,1-2H3. The Labute approximate surface area is 130 Å². The first-order chi connectivity index (χ1) is 10.8. The number of rotatable bonds is 1. The van der Waals surface area contributed by atoms with Crippen molar-refractivity contribution in [2.75, 3.05) is 0 Å². The minimum absolute atomic E-state index is 0.0658.